The molecule has 0 aliphatic heterocycles. The van der Waals surface area contributed by atoms with Crippen molar-refractivity contribution in [1.82, 2.24) is 0 Å². The average molecular weight is 276 g/mol. The molecule has 0 N–H and O–H groups in total. The van der Waals surface area contributed by atoms with Crippen LogP contribution < -0.4 is 0 Å². The van der Waals surface area contributed by atoms with Gasteiger partial charge < -0.3 is 0 Å². The summed E-state index contributed by atoms with van der Waals surface area (Å²) in [6, 6.07) is 0. The molecule has 0 amide bonds. The van der Waals surface area contributed by atoms with E-state index in [0.29, 0.717) is 12.8 Å². The van der Waals surface area contributed by atoms with Crippen molar-refractivity contribution in [3.05, 3.63) is 24.3 Å². The predicted molar refractivity (Wildman–Crippen MR) is 83.7 cm³/mol. The molecule has 112 valence electrons. The van der Waals surface area contributed by atoms with Gasteiger partial charge in [-0.05, 0) is 37.8 Å². The fourth-order valence-corrected chi connectivity index (χ4v) is 2.45. The predicted octanol–water partition coefficient (Wildman–Crippen LogP) is 4.93. The molecule has 0 fully saturated rings. The number of carbonyl (C=O) groups is 2. The van der Waals surface area contributed by atoms with Crippen molar-refractivity contribution in [3.63, 3.8) is 0 Å². The quantitative estimate of drug-likeness (QED) is 0.628. The lowest BCUT2D eigenvalue weighted by Gasteiger charge is -2.02. The molecular weight excluding hydrogens is 248 g/mol. The maximum absolute atomic E-state index is 11.6. The zero-order valence-electron chi connectivity index (χ0n) is 12.6. The first-order chi connectivity index (χ1) is 9.79. The van der Waals surface area contributed by atoms with E-state index in [1.165, 1.54) is 38.5 Å². The molecule has 0 heterocycles. The molecule has 0 spiro atoms. The topological polar surface area (TPSA) is 34.1 Å². The van der Waals surface area contributed by atoms with Crippen LogP contribution in [-0.2, 0) is 9.59 Å². The first kappa shape index (κ1) is 16.9. The Bertz CT molecular complexity index is 305. The molecule has 2 heteroatoms. The molecule has 1 aliphatic rings. The first-order valence-corrected chi connectivity index (χ1v) is 8.18. The number of carbonyl (C=O) groups excluding carboxylic acids is 2. The van der Waals surface area contributed by atoms with E-state index in [2.05, 4.69) is 0 Å². The molecule has 0 saturated carbocycles. The van der Waals surface area contributed by atoms with Crippen LogP contribution in [0.3, 0.4) is 0 Å². The third kappa shape index (κ3) is 9.71. The average Bonchev–Trinajstić information content (AvgIpc) is 2.43. The summed E-state index contributed by atoms with van der Waals surface area (Å²) in [5, 5.41) is 0. The van der Waals surface area contributed by atoms with Gasteiger partial charge in [-0.15, -0.1) is 0 Å². The van der Waals surface area contributed by atoms with Crippen molar-refractivity contribution in [2.24, 2.45) is 0 Å². The van der Waals surface area contributed by atoms with E-state index in [-0.39, 0.29) is 11.6 Å². The van der Waals surface area contributed by atoms with Gasteiger partial charge in [-0.3, -0.25) is 9.59 Å². The van der Waals surface area contributed by atoms with Gasteiger partial charge in [0.15, 0.2) is 11.6 Å². The molecule has 1 rings (SSSR count). The fourth-order valence-electron chi connectivity index (χ4n) is 2.45. The van der Waals surface area contributed by atoms with E-state index in [4.69, 9.17) is 0 Å². The van der Waals surface area contributed by atoms with E-state index < -0.39 is 0 Å². The van der Waals surface area contributed by atoms with Gasteiger partial charge in [-0.25, -0.2) is 0 Å². The third-order valence-corrected chi connectivity index (χ3v) is 3.70. The zero-order valence-corrected chi connectivity index (χ0v) is 12.6. The van der Waals surface area contributed by atoms with Gasteiger partial charge in [0, 0.05) is 12.8 Å². The molecule has 20 heavy (non-hydrogen) atoms. The van der Waals surface area contributed by atoms with Gasteiger partial charge in [0.1, 0.15) is 0 Å². The van der Waals surface area contributed by atoms with Crippen LogP contribution in [0.4, 0.5) is 0 Å². The molecule has 0 radical (unpaired) electrons. The largest absolute Gasteiger partial charge is 0.295 e. The van der Waals surface area contributed by atoms with Gasteiger partial charge in [-0.1, -0.05) is 50.7 Å². The molecule has 0 atom stereocenters. The van der Waals surface area contributed by atoms with Crippen LogP contribution in [0.5, 0.6) is 0 Å². The van der Waals surface area contributed by atoms with Gasteiger partial charge in [0.2, 0.25) is 0 Å². The molecule has 0 unspecified atom stereocenters. The molecule has 1 aliphatic carbocycles. The Morgan fingerprint density at radius 3 is 1.30 bits per heavy atom. The summed E-state index contributed by atoms with van der Waals surface area (Å²) in [5.41, 5.74) is 0. The molecule has 0 aromatic heterocycles. The van der Waals surface area contributed by atoms with Crippen molar-refractivity contribution in [2.45, 2.75) is 77.0 Å². The van der Waals surface area contributed by atoms with Gasteiger partial charge in [0.25, 0.3) is 0 Å². The number of rotatable bonds is 0. The second kappa shape index (κ2) is 11.6. The van der Waals surface area contributed by atoms with Gasteiger partial charge in [-0.2, -0.15) is 0 Å². The third-order valence-electron chi connectivity index (χ3n) is 3.70. The summed E-state index contributed by atoms with van der Waals surface area (Å²) in [6.45, 7) is 0. The molecule has 0 saturated heterocycles. The molecular formula is C18H28O2. The van der Waals surface area contributed by atoms with Gasteiger partial charge in [0.05, 0.1) is 0 Å². The van der Waals surface area contributed by atoms with Crippen LogP contribution in [0.2, 0.25) is 0 Å². The minimum Gasteiger partial charge on any atom is -0.295 e. The van der Waals surface area contributed by atoms with E-state index in [1.807, 2.05) is 12.2 Å². The first-order valence-electron chi connectivity index (χ1n) is 8.18. The number of hydrogen-bond acceptors (Lipinski definition) is 2. The Hall–Kier alpha value is -1.18. The summed E-state index contributed by atoms with van der Waals surface area (Å²) in [4.78, 5) is 23.1. The van der Waals surface area contributed by atoms with Crippen LogP contribution in [0.25, 0.3) is 0 Å². The highest BCUT2D eigenvalue weighted by Crippen LogP contribution is 2.11. The lowest BCUT2D eigenvalue weighted by molar-refractivity contribution is -0.115. The van der Waals surface area contributed by atoms with E-state index in [9.17, 15) is 9.59 Å². The highest BCUT2D eigenvalue weighted by Gasteiger charge is 1.99. The van der Waals surface area contributed by atoms with Crippen molar-refractivity contribution < 1.29 is 9.59 Å². The number of hydrogen-bond donors (Lipinski definition) is 0. The Morgan fingerprint density at radius 2 is 0.900 bits per heavy atom. The summed E-state index contributed by atoms with van der Waals surface area (Å²) >= 11 is 0. The van der Waals surface area contributed by atoms with Crippen LogP contribution >= 0.6 is 0 Å². The normalized spacial score (nSPS) is 24.6. The second-order valence-corrected chi connectivity index (χ2v) is 5.64. The summed E-state index contributed by atoms with van der Waals surface area (Å²) < 4.78 is 0. The Morgan fingerprint density at radius 1 is 0.550 bits per heavy atom. The Balaban J connectivity index is 2.34. The lowest BCUT2D eigenvalue weighted by atomic mass is 10.0. The van der Waals surface area contributed by atoms with E-state index in [0.717, 1.165) is 25.7 Å². The number of allylic oxidation sites excluding steroid dienone is 4. The highest BCUT2D eigenvalue weighted by molar-refractivity contribution is 5.90. The monoisotopic (exact) mass is 276 g/mol. The number of ketones is 2. The Kier molecular flexibility index (Phi) is 9.81. The highest BCUT2D eigenvalue weighted by atomic mass is 16.1. The molecule has 0 aromatic rings. The second-order valence-electron chi connectivity index (χ2n) is 5.64. The van der Waals surface area contributed by atoms with Crippen molar-refractivity contribution in [3.8, 4) is 0 Å². The maximum Gasteiger partial charge on any atom is 0.155 e. The van der Waals surface area contributed by atoms with Gasteiger partial charge >= 0.3 is 0 Å². The fraction of sp³-hybridized carbons (Fsp3) is 0.667. The van der Waals surface area contributed by atoms with Crippen LogP contribution in [0.1, 0.15) is 77.0 Å². The van der Waals surface area contributed by atoms with Crippen molar-refractivity contribution >= 4 is 11.6 Å². The van der Waals surface area contributed by atoms with Crippen molar-refractivity contribution in [2.75, 3.05) is 0 Å². The van der Waals surface area contributed by atoms with Crippen LogP contribution in [-0.4, -0.2) is 11.6 Å². The van der Waals surface area contributed by atoms with Crippen LogP contribution in [0.15, 0.2) is 24.3 Å². The minimum atomic E-state index is 0.242. The molecule has 2 nitrogen and oxygen atoms in total. The lowest BCUT2D eigenvalue weighted by Crippen LogP contribution is -1.94. The van der Waals surface area contributed by atoms with Crippen molar-refractivity contribution in [1.29, 1.82) is 0 Å². The maximum atomic E-state index is 11.6. The standard InChI is InChI=1S/C18H28O2/c19-17-13-9-5-3-1-2-4-6-10-14-18(20)16-12-8-7-11-15-17/h11-12,15-16H,1-10,13-14H2/b15-11+,16-12+. The Labute approximate surface area is 123 Å². The summed E-state index contributed by atoms with van der Waals surface area (Å²) in [5.74, 6) is 0.484. The zero-order chi connectivity index (χ0) is 14.5. The summed E-state index contributed by atoms with van der Waals surface area (Å²) in [7, 11) is 0. The molecule has 0 bridgehead atoms. The van der Waals surface area contributed by atoms with E-state index >= 15 is 0 Å². The van der Waals surface area contributed by atoms with E-state index in [1.54, 1.807) is 12.2 Å². The summed E-state index contributed by atoms with van der Waals surface area (Å²) in [6.07, 6.45) is 19.7. The van der Waals surface area contributed by atoms with Crippen LogP contribution in [0, 0.1) is 0 Å². The SMILES string of the molecule is O=C1/C=C/CC/C=C/C(=O)CCCCCCCCCC1. The molecule has 0 aromatic carbocycles. The smallest absolute Gasteiger partial charge is 0.155 e. The minimum absolute atomic E-state index is 0.242.